The van der Waals surface area contributed by atoms with E-state index in [-0.39, 0.29) is 31.2 Å². The number of benzene rings is 2. The highest BCUT2D eigenvalue weighted by atomic mass is 16.4. The molecule has 1 fully saturated rings. The third-order valence-electron chi connectivity index (χ3n) is 6.19. The molecular weight excluding hydrogens is 358 g/mol. The minimum atomic E-state index is -0.931. The highest BCUT2D eigenvalue weighted by molar-refractivity contribution is 6.28. The number of fused-ring (bicyclic) bond motifs is 2. The molecule has 0 bridgehead atoms. The van der Waals surface area contributed by atoms with Gasteiger partial charge in [0, 0.05) is 72.4 Å². The van der Waals surface area contributed by atoms with Crippen molar-refractivity contribution < 1.29 is 19.5 Å². The molecule has 0 radical (unpaired) electrons. The number of hydrogen-bond acceptors (Lipinski definition) is 5. The van der Waals surface area contributed by atoms with Gasteiger partial charge in [-0.15, -0.1) is 0 Å². The summed E-state index contributed by atoms with van der Waals surface area (Å²) in [6.07, 6.45) is 1.32. The van der Waals surface area contributed by atoms with Crippen LogP contribution in [-0.4, -0.2) is 60.5 Å². The first-order valence-corrected chi connectivity index (χ1v) is 9.63. The summed E-state index contributed by atoms with van der Waals surface area (Å²) in [5.74, 6) is -1.60. The molecule has 5 rings (SSSR count). The van der Waals surface area contributed by atoms with Crippen molar-refractivity contribution in [3.05, 3.63) is 35.4 Å². The van der Waals surface area contributed by atoms with Crippen LogP contribution in [0, 0.1) is 0 Å². The molecule has 0 saturated carbocycles. The number of carbonyl (C=O) groups is 3. The standard InChI is InChI=1S/C21H21N3O4/c1-22-11-12-8-10-23(12)16-7-5-14-18-13(4-6-15(22)19(16)18)20(27)24(21(14)28)9-2-3-17(25)26/h4-7,12H,2-3,8-11H2,1H3,(H,25,26). The fourth-order valence-electron chi connectivity index (χ4n) is 4.71. The number of carbonyl (C=O) groups excluding carboxylic acids is 2. The Bertz CT molecular complexity index is 1030. The van der Waals surface area contributed by atoms with E-state index in [1.807, 2.05) is 24.3 Å². The van der Waals surface area contributed by atoms with E-state index in [0.717, 1.165) is 41.7 Å². The van der Waals surface area contributed by atoms with Crippen LogP contribution in [0.4, 0.5) is 11.4 Å². The molecule has 28 heavy (non-hydrogen) atoms. The monoisotopic (exact) mass is 379 g/mol. The van der Waals surface area contributed by atoms with Gasteiger partial charge in [-0.05, 0) is 37.1 Å². The zero-order valence-corrected chi connectivity index (χ0v) is 15.6. The first-order valence-electron chi connectivity index (χ1n) is 9.63. The SMILES string of the molecule is CN1CC2CCN2c2ccc3c4c(ccc1c24)C(=O)N(CCCC(=O)O)C3=O. The van der Waals surface area contributed by atoms with Crippen LogP contribution in [0.15, 0.2) is 24.3 Å². The molecule has 3 aliphatic heterocycles. The highest BCUT2D eigenvalue weighted by Crippen LogP contribution is 2.45. The Morgan fingerprint density at radius 2 is 1.75 bits per heavy atom. The van der Waals surface area contributed by atoms with Gasteiger partial charge in [0.1, 0.15) is 0 Å². The van der Waals surface area contributed by atoms with Crippen molar-refractivity contribution in [2.24, 2.45) is 0 Å². The number of amides is 2. The Balaban J connectivity index is 1.66. The molecule has 7 heteroatoms. The average Bonchev–Trinajstić information content (AvgIpc) is 2.72. The molecule has 1 unspecified atom stereocenters. The van der Waals surface area contributed by atoms with Gasteiger partial charge in [0.2, 0.25) is 0 Å². The summed E-state index contributed by atoms with van der Waals surface area (Å²) in [5.41, 5.74) is 3.19. The first kappa shape index (κ1) is 17.0. The van der Waals surface area contributed by atoms with Gasteiger partial charge in [-0.3, -0.25) is 19.3 Å². The molecule has 2 aromatic carbocycles. The van der Waals surface area contributed by atoms with Crippen molar-refractivity contribution in [2.45, 2.75) is 25.3 Å². The number of rotatable bonds is 4. The number of aliphatic carboxylic acids is 1. The van der Waals surface area contributed by atoms with Gasteiger partial charge in [0.15, 0.2) is 0 Å². The lowest BCUT2D eigenvalue weighted by Gasteiger charge is -2.43. The van der Waals surface area contributed by atoms with Crippen LogP contribution in [0.1, 0.15) is 40.0 Å². The maximum Gasteiger partial charge on any atom is 0.303 e. The van der Waals surface area contributed by atoms with E-state index in [1.165, 1.54) is 4.90 Å². The zero-order valence-electron chi connectivity index (χ0n) is 15.6. The van der Waals surface area contributed by atoms with Crippen molar-refractivity contribution >= 4 is 39.9 Å². The fraction of sp³-hybridized carbons (Fsp3) is 0.381. The van der Waals surface area contributed by atoms with Gasteiger partial charge >= 0.3 is 5.97 Å². The van der Waals surface area contributed by atoms with Gasteiger partial charge in [0.05, 0.1) is 0 Å². The Labute approximate surface area is 162 Å². The topological polar surface area (TPSA) is 81.2 Å². The van der Waals surface area contributed by atoms with Crippen molar-refractivity contribution in [2.75, 3.05) is 36.5 Å². The van der Waals surface area contributed by atoms with Crippen molar-refractivity contribution in [1.82, 2.24) is 4.90 Å². The summed E-state index contributed by atoms with van der Waals surface area (Å²) in [6, 6.07) is 8.06. The molecule has 1 N–H and O–H groups in total. The molecule has 0 spiro atoms. The van der Waals surface area contributed by atoms with E-state index in [0.29, 0.717) is 17.2 Å². The molecule has 2 amide bonds. The lowest BCUT2D eigenvalue weighted by molar-refractivity contribution is -0.137. The minimum absolute atomic E-state index is 0.0711. The van der Waals surface area contributed by atoms with Crippen LogP contribution in [-0.2, 0) is 4.79 Å². The molecule has 3 heterocycles. The summed E-state index contributed by atoms with van der Waals surface area (Å²) in [6.45, 7) is 2.02. The van der Waals surface area contributed by atoms with Crippen LogP contribution in [0.3, 0.4) is 0 Å². The smallest absolute Gasteiger partial charge is 0.303 e. The summed E-state index contributed by atoms with van der Waals surface area (Å²) in [4.78, 5) is 42.7. The number of imide groups is 1. The van der Waals surface area contributed by atoms with E-state index in [1.54, 1.807) is 0 Å². The molecule has 1 atom stereocenters. The maximum atomic E-state index is 13.1. The molecule has 3 aliphatic rings. The summed E-state index contributed by atoms with van der Waals surface area (Å²) < 4.78 is 0. The number of hydrogen-bond donors (Lipinski definition) is 1. The molecule has 0 aliphatic carbocycles. The van der Waals surface area contributed by atoms with Crippen molar-refractivity contribution in [3.63, 3.8) is 0 Å². The van der Waals surface area contributed by atoms with E-state index >= 15 is 0 Å². The Morgan fingerprint density at radius 3 is 2.36 bits per heavy atom. The van der Waals surface area contributed by atoms with Crippen LogP contribution in [0.5, 0.6) is 0 Å². The Kier molecular flexibility index (Phi) is 3.62. The predicted molar refractivity (Wildman–Crippen MR) is 105 cm³/mol. The average molecular weight is 379 g/mol. The number of carboxylic acid groups (broad SMARTS) is 1. The van der Waals surface area contributed by atoms with Gasteiger partial charge in [0.25, 0.3) is 11.8 Å². The fourth-order valence-corrected chi connectivity index (χ4v) is 4.71. The van der Waals surface area contributed by atoms with Crippen LogP contribution < -0.4 is 9.80 Å². The number of nitrogens with zero attached hydrogens (tertiary/aromatic N) is 3. The summed E-state index contributed by atoms with van der Waals surface area (Å²) >= 11 is 0. The van der Waals surface area contributed by atoms with Crippen molar-refractivity contribution in [3.8, 4) is 0 Å². The first-order chi connectivity index (χ1) is 13.5. The molecule has 2 aromatic rings. The van der Waals surface area contributed by atoms with E-state index < -0.39 is 5.97 Å². The van der Waals surface area contributed by atoms with Gasteiger partial charge < -0.3 is 14.9 Å². The summed E-state index contributed by atoms with van der Waals surface area (Å²) in [5, 5.41) is 10.6. The third-order valence-corrected chi connectivity index (χ3v) is 6.19. The van der Waals surface area contributed by atoms with Gasteiger partial charge in [-0.25, -0.2) is 0 Å². The Hall–Kier alpha value is -3.09. The van der Waals surface area contributed by atoms with Gasteiger partial charge in [-0.2, -0.15) is 0 Å². The van der Waals surface area contributed by atoms with E-state index in [2.05, 4.69) is 16.8 Å². The lowest BCUT2D eigenvalue weighted by Crippen LogP contribution is -2.52. The summed E-state index contributed by atoms with van der Waals surface area (Å²) in [7, 11) is 2.06. The molecule has 0 aromatic heterocycles. The molecule has 144 valence electrons. The predicted octanol–water partition coefficient (Wildman–Crippen LogP) is 2.33. The van der Waals surface area contributed by atoms with E-state index in [9.17, 15) is 14.4 Å². The van der Waals surface area contributed by atoms with Gasteiger partial charge in [-0.1, -0.05) is 0 Å². The maximum absolute atomic E-state index is 13.1. The quantitative estimate of drug-likeness (QED) is 0.822. The second-order valence-corrected chi connectivity index (χ2v) is 7.79. The minimum Gasteiger partial charge on any atom is -0.481 e. The molecule has 7 nitrogen and oxygen atoms in total. The Morgan fingerprint density at radius 1 is 1.07 bits per heavy atom. The third kappa shape index (κ3) is 2.25. The molecule has 1 saturated heterocycles. The lowest BCUT2D eigenvalue weighted by atomic mass is 9.90. The number of anilines is 2. The number of likely N-dealkylation sites (N-methyl/N-ethyl adjacent to an activating group) is 1. The highest BCUT2D eigenvalue weighted by Gasteiger charge is 2.38. The largest absolute Gasteiger partial charge is 0.481 e. The van der Waals surface area contributed by atoms with E-state index in [4.69, 9.17) is 5.11 Å². The number of carboxylic acids is 1. The second kappa shape index (κ2) is 5.95. The second-order valence-electron chi connectivity index (χ2n) is 7.79. The van der Waals surface area contributed by atoms with Crippen LogP contribution in [0.2, 0.25) is 0 Å². The normalized spacial score (nSPS) is 20.2. The van der Waals surface area contributed by atoms with Crippen LogP contribution >= 0.6 is 0 Å². The van der Waals surface area contributed by atoms with Crippen LogP contribution in [0.25, 0.3) is 10.8 Å². The zero-order chi connectivity index (χ0) is 19.6. The van der Waals surface area contributed by atoms with Crippen molar-refractivity contribution in [1.29, 1.82) is 0 Å². The molecular formula is C21H21N3O4.